The van der Waals surface area contributed by atoms with E-state index in [2.05, 4.69) is 21.3 Å². The highest BCUT2D eigenvalue weighted by Gasteiger charge is 2.27. The smallest absolute Gasteiger partial charge is 0.408 e. The normalized spacial score (nSPS) is 13.5. The minimum atomic E-state index is -1.01. The molecule has 0 fully saturated rings. The van der Waals surface area contributed by atoms with E-state index in [0.29, 0.717) is 12.8 Å². The van der Waals surface area contributed by atoms with Crippen LogP contribution < -0.4 is 21.3 Å². The Bertz CT molecular complexity index is 1020. The molecule has 0 saturated carbocycles. The topological polar surface area (TPSA) is 187 Å². The van der Waals surface area contributed by atoms with E-state index in [4.69, 9.17) is 18.9 Å². The van der Waals surface area contributed by atoms with Gasteiger partial charge in [0.2, 0.25) is 11.8 Å². The van der Waals surface area contributed by atoms with Gasteiger partial charge in [0.15, 0.2) is 0 Å². The van der Waals surface area contributed by atoms with Crippen molar-refractivity contribution in [3.63, 3.8) is 0 Å². The number of nitrogens with one attached hydrogen (secondary N) is 4. The highest BCUT2D eigenvalue weighted by molar-refractivity contribution is 5.87. The maximum absolute atomic E-state index is 12.9. The van der Waals surface area contributed by atoms with Crippen LogP contribution in [0.2, 0.25) is 0 Å². The van der Waals surface area contributed by atoms with E-state index < -0.39 is 70.4 Å². The third-order valence-corrected chi connectivity index (χ3v) is 5.52. The first-order chi connectivity index (χ1) is 21.8. The summed E-state index contributed by atoms with van der Waals surface area (Å²) in [4.78, 5) is 74.7. The molecule has 0 aromatic carbocycles. The fraction of sp³-hybridized carbons (Fsp3) is 0.765. The summed E-state index contributed by atoms with van der Waals surface area (Å²) in [5, 5.41) is 10.5. The van der Waals surface area contributed by atoms with Crippen molar-refractivity contribution in [3.05, 3.63) is 12.2 Å². The average molecular weight is 685 g/mol. The molecule has 0 aliphatic rings. The van der Waals surface area contributed by atoms with Gasteiger partial charge in [-0.3, -0.25) is 19.2 Å². The first-order valence-electron chi connectivity index (χ1n) is 16.4. The SMILES string of the molecule is CC(C)(C)OC(=O)CC[C@H](NC(=O)OC(C)(C)C)C(=O)NCCC=CCCNC(=O)[C@H](CCC(=O)OC(C)(C)C)NC(=O)OC(C)(C)C. The molecule has 276 valence electrons. The molecular weight excluding hydrogens is 624 g/mol. The number of esters is 2. The highest BCUT2D eigenvalue weighted by atomic mass is 16.6. The summed E-state index contributed by atoms with van der Waals surface area (Å²) >= 11 is 0. The van der Waals surface area contributed by atoms with Crippen LogP contribution >= 0.6 is 0 Å². The minimum Gasteiger partial charge on any atom is -0.460 e. The molecule has 0 aromatic rings. The largest absolute Gasteiger partial charge is 0.460 e. The summed E-state index contributed by atoms with van der Waals surface area (Å²) in [5.41, 5.74) is -2.89. The summed E-state index contributed by atoms with van der Waals surface area (Å²) < 4.78 is 21.1. The summed E-state index contributed by atoms with van der Waals surface area (Å²) in [6.45, 7) is 21.2. The van der Waals surface area contributed by atoms with E-state index in [1.807, 2.05) is 12.2 Å². The number of rotatable bonds is 16. The maximum atomic E-state index is 12.9. The second-order valence-corrected chi connectivity index (χ2v) is 15.3. The number of carbonyl (C=O) groups excluding carboxylic acids is 6. The van der Waals surface area contributed by atoms with Crippen LogP contribution in [0.15, 0.2) is 12.2 Å². The number of hydrogen-bond acceptors (Lipinski definition) is 10. The number of ether oxygens (including phenoxy) is 4. The molecule has 0 saturated heterocycles. The summed E-state index contributed by atoms with van der Waals surface area (Å²) in [6.07, 6.45) is 2.91. The lowest BCUT2D eigenvalue weighted by atomic mass is 10.1. The number of alkyl carbamates (subject to hydrolysis) is 2. The lowest BCUT2D eigenvalue weighted by Gasteiger charge is -2.24. The maximum Gasteiger partial charge on any atom is 0.408 e. The van der Waals surface area contributed by atoms with Crippen LogP contribution in [0, 0.1) is 0 Å². The molecule has 0 heterocycles. The van der Waals surface area contributed by atoms with Crippen molar-refractivity contribution in [2.24, 2.45) is 0 Å². The van der Waals surface area contributed by atoms with E-state index in [0.717, 1.165) is 0 Å². The zero-order chi connectivity index (χ0) is 37.3. The zero-order valence-corrected chi connectivity index (χ0v) is 31.0. The standard InChI is InChI=1S/C34H60N4O10/c1-31(2,3)45-25(39)19-17-23(37-29(43)47-33(7,8)9)27(41)35-21-15-13-14-16-22-36-28(42)24(38-30(44)48-34(10,11)12)18-20-26(40)46-32(4,5)6/h13-14,23-24H,15-22H2,1-12H3,(H,35,41)(H,36,42)(H,37,43)(H,38,44)/t23-,24-/m0/s1. The molecule has 0 aliphatic carbocycles. The van der Waals surface area contributed by atoms with Crippen molar-refractivity contribution in [3.8, 4) is 0 Å². The van der Waals surface area contributed by atoms with Gasteiger partial charge in [-0.25, -0.2) is 9.59 Å². The van der Waals surface area contributed by atoms with Gasteiger partial charge in [0, 0.05) is 25.9 Å². The average Bonchev–Trinajstić information content (AvgIpc) is 2.85. The fourth-order valence-corrected chi connectivity index (χ4v) is 3.79. The molecule has 14 nitrogen and oxygen atoms in total. The first kappa shape index (κ1) is 44.2. The Hall–Kier alpha value is -3.84. The van der Waals surface area contributed by atoms with Gasteiger partial charge in [-0.05, 0) is 109 Å². The predicted molar refractivity (Wildman–Crippen MR) is 181 cm³/mol. The third kappa shape index (κ3) is 25.3. The van der Waals surface area contributed by atoms with Crippen molar-refractivity contribution in [1.82, 2.24) is 21.3 Å². The Balaban J connectivity index is 4.96. The van der Waals surface area contributed by atoms with Crippen molar-refractivity contribution in [1.29, 1.82) is 0 Å². The molecule has 4 N–H and O–H groups in total. The molecule has 0 rings (SSSR count). The van der Waals surface area contributed by atoms with Gasteiger partial charge in [0.1, 0.15) is 34.5 Å². The van der Waals surface area contributed by atoms with Gasteiger partial charge in [-0.15, -0.1) is 0 Å². The van der Waals surface area contributed by atoms with Crippen LogP contribution in [-0.2, 0) is 38.1 Å². The molecule has 0 bridgehead atoms. The molecular formula is C34H60N4O10. The van der Waals surface area contributed by atoms with Crippen molar-refractivity contribution < 1.29 is 47.7 Å². The van der Waals surface area contributed by atoms with E-state index in [-0.39, 0.29) is 38.8 Å². The number of amides is 4. The molecule has 0 radical (unpaired) electrons. The highest BCUT2D eigenvalue weighted by Crippen LogP contribution is 2.13. The zero-order valence-electron chi connectivity index (χ0n) is 31.0. The molecule has 14 heteroatoms. The molecule has 0 aromatic heterocycles. The lowest BCUT2D eigenvalue weighted by molar-refractivity contribution is -0.156. The van der Waals surface area contributed by atoms with Crippen LogP contribution in [0.5, 0.6) is 0 Å². The Morgan fingerprint density at radius 3 is 1.06 bits per heavy atom. The number of hydrogen-bond donors (Lipinski definition) is 4. The van der Waals surface area contributed by atoms with Gasteiger partial charge in [0.25, 0.3) is 0 Å². The molecule has 0 spiro atoms. The van der Waals surface area contributed by atoms with Crippen molar-refractivity contribution in [2.45, 2.75) is 156 Å². The molecule has 48 heavy (non-hydrogen) atoms. The first-order valence-corrected chi connectivity index (χ1v) is 16.4. The quantitative estimate of drug-likeness (QED) is 0.0775. The Kier molecular flexibility index (Phi) is 18.3. The summed E-state index contributed by atoms with van der Waals surface area (Å²) in [7, 11) is 0. The third-order valence-electron chi connectivity index (χ3n) is 5.52. The van der Waals surface area contributed by atoms with Gasteiger partial charge < -0.3 is 40.2 Å². The molecule has 0 aliphatic heterocycles. The summed E-state index contributed by atoms with van der Waals surface area (Å²) in [6, 6.07) is -2.02. The number of carbonyl (C=O) groups is 6. The lowest BCUT2D eigenvalue weighted by Crippen LogP contribution is -2.48. The van der Waals surface area contributed by atoms with E-state index in [1.54, 1.807) is 83.1 Å². The monoisotopic (exact) mass is 684 g/mol. The van der Waals surface area contributed by atoms with E-state index >= 15 is 0 Å². The molecule has 2 atom stereocenters. The predicted octanol–water partition coefficient (Wildman–Crippen LogP) is 4.59. The Morgan fingerprint density at radius 1 is 0.500 bits per heavy atom. The molecule has 4 amide bonds. The van der Waals surface area contributed by atoms with Crippen LogP contribution in [-0.4, -0.2) is 83.5 Å². The minimum absolute atomic E-state index is 0.0249. The Labute approximate surface area is 286 Å². The van der Waals surface area contributed by atoms with Gasteiger partial charge in [-0.2, -0.15) is 0 Å². The second kappa shape index (κ2) is 19.9. The fourth-order valence-electron chi connectivity index (χ4n) is 3.79. The van der Waals surface area contributed by atoms with Crippen LogP contribution in [0.4, 0.5) is 9.59 Å². The van der Waals surface area contributed by atoms with Crippen LogP contribution in [0.25, 0.3) is 0 Å². The Morgan fingerprint density at radius 2 is 0.792 bits per heavy atom. The summed E-state index contributed by atoms with van der Waals surface area (Å²) in [5.74, 6) is -1.92. The van der Waals surface area contributed by atoms with E-state index in [9.17, 15) is 28.8 Å². The van der Waals surface area contributed by atoms with Gasteiger partial charge >= 0.3 is 24.1 Å². The van der Waals surface area contributed by atoms with Crippen molar-refractivity contribution in [2.75, 3.05) is 13.1 Å². The molecule has 0 unspecified atom stereocenters. The van der Waals surface area contributed by atoms with Crippen molar-refractivity contribution >= 4 is 35.9 Å². The van der Waals surface area contributed by atoms with Gasteiger partial charge in [0.05, 0.1) is 0 Å². The van der Waals surface area contributed by atoms with Gasteiger partial charge in [-0.1, -0.05) is 12.2 Å². The van der Waals surface area contributed by atoms with E-state index in [1.165, 1.54) is 0 Å². The second-order valence-electron chi connectivity index (χ2n) is 15.3. The van der Waals surface area contributed by atoms with Crippen LogP contribution in [0.3, 0.4) is 0 Å². The van der Waals surface area contributed by atoms with Crippen LogP contribution in [0.1, 0.15) is 122 Å².